The molecule has 0 aliphatic carbocycles. The van der Waals surface area contributed by atoms with Crippen molar-refractivity contribution in [1.82, 2.24) is 5.32 Å². The number of carbonyl (C=O) groups excluding carboxylic acids is 1. The van der Waals surface area contributed by atoms with E-state index in [1.807, 2.05) is 36.4 Å². The van der Waals surface area contributed by atoms with Crippen LogP contribution in [0.5, 0.6) is 23.0 Å². The fourth-order valence-corrected chi connectivity index (χ4v) is 2.09. The SMILES string of the molecule is COc1ccc(OCCNC(=O)[C@H](C)Oc2cccc(OC)c2)cc1. The van der Waals surface area contributed by atoms with Crippen LogP contribution in [-0.4, -0.2) is 39.4 Å². The second-order valence-corrected chi connectivity index (χ2v) is 5.25. The molecule has 0 spiro atoms. The van der Waals surface area contributed by atoms with Gasteiger partial charge in [0.15, 0.2) is 6.10 Å². The molecule has 0 radical (unpaired) electrons. The first kappa shape index (κ1) is 18.4. The average molecular weight is 345 g/mol. The summed E-state index contributed by atoms with van der Waals surface area (Å²) in [7, 11) is 3.19. The summed E-state index contributed by atoms with van der Waals surface area (Å²) in [5.74, 6) is 2.54. The van der Waals surface area contributed by atoms with Crippen LogP contribution < -0.4 is 24.3 Å². The predicted molar refractivity (Wildman–Crippen MR) is 94.6 cm³/mol. The van der Waals surface area contributed by atoms with Crippen LogP contribution in [0.3, 0.4) is 0 Å². The molecule has 6 nitrogen and oxygen atoms in total. The molecule has 134 valence electrons. The molecule has 0 fully saturated rings. The van der Waals surface area contributed by atoms with E-state index in [-0.39, 0.29) is 5.91 Å². The summed E-state index contributed by atoms with van der Waals surface area (Å²) >= 11 is 0. The lowest BCUT2D eigenvalue weighted by Gasteiger charge is -2.15. The van der Waals surface area contributed by atoms with Gasteiger partial charge in [-0.3, -0.25) is 4.79 Å². The number of nitrogens with one attached hydrogen (secondary N) is 1. The van der Waals surface area contributed by atoms with Crippen LogP contribution in [0.2, 0.25) is 0 Å². The average Bonchev–Trinajstić information content (AvgIpc) is 2.65. The minimum Gasteiger partial charge on any atom is -0.497 e. The normalized spacial score (nSPS) is 11.3. The standard InChI is InChI=1S/C19H23NO5/c1-14(25-18-6-4-5-17(13-18)23-3)19(21)20-11-12-24-16-9-7-15(22-2)8-10-16/h4-10,13-14H,11-12H2,1-3H3,(H,20,21)/t14-/m0/s1. The van der Waals surface area contributed by atoms with Gasteiger partial charge in [-0.1, -0.05) is 6.07 Å². The van der Waals surface area contributed by atoms with E-state index in [1.165, 1.54) is 0 Å². The zero-order valence-corrected chi connectivity index (χ0v) is 14.7. The summed E-state index contributed by atoms with van der Waals surface area (Å²) in [5, 5.41) is 2.78. The van der Waals surface area contributed by atoms with E-state index in [1.54, 1.807) is 33.3 Å². The third kappa shape index (κ3) is 5.91. The summed E-state index contributed by atoms with van der Waals surface area (Å²) in [6.07, 6.45) is -0.618. The maximum atomic E-state index is 12.1. The van der Waals surface area contributed by atoms with Gasteiger partial charge in [0.25, 0.3) is 5.91 Å². The van der Waals surface area contributed by atoms with Gasteiger partial charge in [-0.2, -0.15) is 0 Å². The molecular formula is C19H23NO5. The van der Waals surface area contributed by atoms with Gasteiger partial charge in [0, 0.05) is 6.07 Å². The van der Waals surface area contributed by atoms with Crippen LogP contribution in [0.4, 0.5) is 0 Å². The third-order valence-corrected chi connectivity index (χ3v) is 3.45. The van der Waals surface area contributed by atoms with E-state index in [2.05, 4.69) is 5.32 Å². The van der Waals surface area contributed by atoms with Gasteiger partial charge in [0.1, 0.15) is 29.6 Å². The van der Waals surface area contributed by atoms with Gasteiger partial charge < -0.3 is 24.3 Å². The summed E-state index contributed by atoms with van der Waals surface area (Å²) in [6, 6.07) is 14.4. The Morgan fingerprint density at radius 3 is 2.28 bits per heavy atom. The molecule has 0 saturated carbocycles. The lowest BCUT2D eigenvalue weighted by atomic mass is 10.3. The number of hydrogen-bond donors (Lipinski definition) is 1. The minimum atomic E-state index is -0.618. The van der Waals surface area contributed by atoms with Crippen molar-refractivity contribution in [2.45, 2.75) is 13.0 Å². The maximum absolute atomic E-state index is 12.1. The van der Waals surface area contributed by atoms with E-state index in [0.717, 1.165) is 11.5 Å². The Balaban J connectivity index is 1.71. The molecular weight excluding hydrogens is 322 g/mol. The lowest BCUT2D eigenvalue weighted by molar-refractivity contribution is -0.127. The van der Waals surface area contributed by atoms with Crippen molar-refractivity contribution in [2.75, 3.05) is 27.4 Å². The van der Waals surface area contributed by atoms with Gasteiger partial charge in [-0.15, -0.1) is 0 Å². The number of ether oxygens (including phenoxy) is 4. The van der Waals surface area contributed by atoms with Crippen molar-refractivity contribution in [3.63, 3.8) is 0 Å². The number of rotatable bonds is 9. The van der Waals surface area contributed by atoms with Crippen LogP contribution in [0.15, 0.2) is 48.5 Å². The first-order chi connectivity index (χ1) is 12.1. The topological polar surface area (TPSA) is 66.0 Å². The molecule has 6 heteroatoms. The summed E-state index contributed by atoms with van der Waals surface area (Å²) < 4.78 is 21.4. The van der Waals surface area contributed by atoms with Crippen molar-refractivity contribution in [3.8, 4) is 23.0 Å². The second kappa shape index (κ2) is 9.42. The number of benzene rings is 2. The molecule has 0 aromatic heterocycles. The van der Waals surface area contributed by atoms with Crippen molar-refractivity contribution in [1.29, 1.82) is 0 Å². The maximum Gasteiger partial charge on any atom is 0.260 e. The fourth-order valence-electron chi connectivity index (χ4n) is 2.09. The van der Waals surface area contributed by atoms with Crippen molar-refractivity contribution >= 4 is 5.91 Å². The summed E-state index contributed by atoms with van der Waals surface area (Å²) in [5.41, 5.74) is 0. The van der Waals surface area contributed by atoms with Crippen molar-refractivity contribution in [3.05, 3.63) is 48.5 Å². The Morgan fingerprint density at radius 2 is 1.60 bits per heavy atom. The second-order valence-electron chi connectivity index (χ2n) is 5.25. The number of amides is 1. The molecule has 1 amide bonds. The molecule has 0 saturated heterocycles. The van der Waals surface area contributed by atoms with Gasteiger partial charge in [-0.05, 0) is 43.3 Å². The van der Waals surface area contributed by atoms with Crippen molar-refractivity contribution in [2.24, 2.45) is 0 Å². The number of hydrogen-bond acceptors (Lipinski definition) is 5. The zero-order valence-electron chi connectivity index (χ0n) is 14.7. The molecule has 0 aliphatic heterocycles. The van der Waals surface area contributed by atoms with Crippen LogP contribution in [0.25, 0.3) is 0 Å². The Morgan fingerprint density at radius 1 is 0.960 bits per heavy atom. The Hall–Kier alpha value is -2.89. The van der Waals surface area contributed by atoms with Crippen LogP contribution in [-0.2, 0) is 4.79 Å². The van der Waals surface area contributed by atoms with Crippen LogP contribution >= 0.6 is 0 Å². The van der Waals surface area contributed by atoms with Gasteiger partial charge in [0.2, 0.25) is 0 Å². The Kier molecular flexibility index (Phi) is 6.95. The van der Waals surface area contributed by atoms with E-state index >= 15 is 0 Å². The molecule has 25 heavy (non-hydrogen) atoms. The molecule has 1 atom stereocenters. The van der Waals surface area contributed by atoms with Gasteiger partial charge in [0.05, 0.1) is 20.8 Å². The first-order valence-corrected chi connectivity index (χ1v) is 7.97. The highest BCUT2D eigenvalue weighted by molar-refractivity contribution is 5.80. The van der Waals surface area contributed by atoms with Crippen LogP contribution in [0, 0.1) is 0 Å². The number of carbonyl (C=O) groups is 1. The summed E-state index contributed by atoms with van der Waals surface area (Å²) in [4.78, 5) is 12.1. The Bertz CT molecular complexity index is 672. The quantitative estimate of drug-likeness (QED) is 0.708. The van der Waals surface area contributed by atoms with E-state index in [9.17, 15) is 4.79 Å². The van der Waals surface area contributed by atoms with Crippen LogP contribution in [0.1, 0.15) is 6.92 Å². The molecule has 2 rings (SSSR count). The first-order valence-electron chi connectivity index (χ1n) is 7.97. The van der Waals surface area contributed by atoms with E-state index in [0.29, 0.717) is 24.7 Å². The third-order valence-electron chi connectivity index (χ3n) is 3.45. The zero-order chi connectivity index (χ0) is 18.1. The highest BCUT2D eigenvalue weighted by Gasteiger charge is 2.14. The smallest absolute Gasteiger partial charge is 0.260 e. The van der Waals surface area contributed by atoms with E-state index in [4.69, 9.17) is 18.9 Å². The molecule has 2 aromatic carbocycles. The molecule has 0 heterocycles. The number of methoxy groups -OCH3 is 2. The Labute approximate surface area is 147 Å². The monoisotopic (exact) mass is 345 g/mol. The highest BCUT2D eigenvalue weighted by Crippen LogP contribution is 2.20. The molecule has 0 aliphatic rings. The van der Waals surface area contributed by atoms with Gasteiger partial charge in [-0.25, -0.2) is 0 Å². The van der Waals surface area contributed by atoms with E-state index < -0.39 is 6.10 Å². The van der Waals surface area contributed by atoms with Crippen molar-refractivity contribution < 1.29 is 23.7 Å². The largest absolute Gasteiger partial charge is 0.497 e. The van der Waals surface area contributed by atoms with Gasteiger partial charge >= 0.3 is 0 Å². The molecule has 0 unspecified atom stereocenters. The molecule has 2 aromatic rings. The fraction of sp³-hybridized carbons (Fsp3) is 0.316. The lowest BCUT2D eigenvalue weighted by Crippen LogP contribution is -2.38. The summed E-state index contributed by atoms with van der Waals surface area (Å²) in [6.45, 7) is 2.44. The highest BCUT2D eigenvalue weighted by atomic mass is 16.5. The molecule has 0 bridgehead atoms. The molecule has 1 N–H and O–H groups in total. The predicted octanol–water partition coefficient (Wildman–Crippen LogP) is 2.67. The minimum absolute atomic E-state index is 0.207.